The molecule has 12 heteroatoms. The summed E-state index contributed by atoms with van der Waals surface area (Å²) in [7, 11) is 0. The number of likely N-dealkylation sites (tertiary alicyclic amines) is 2. The monoisotopic (exact) mass is 709 g/mol. The molecule has 3 amide bonds. The van der Waals surface area contributed by atoms with Crippen molar-refractivity contribution in [3.8, 4) is 33.6 Å². The van der Waals surface area contributed by atoms with Crippen molar-refractivity contribution < 1.29 is 19.5 Å². The van der Waals surface area contributed by atoms with Gasteiger partial charge >= 0.3 is 6.09 Å². The number of nitrogens with one attached hydrogen (secondary N) is 4. The molecule has 1 unspecified atom stereocenters. The number of aromatic nitrogens is 4. The normalized spacial score (nSPS) is 18.8. The summed E-state index contributed by atoms with van der Waals surface area (Å²) < 4.78 is 0. The van der Waals surface area contributed by atoms with Gasteiger partial charge in [0.15, 0.2) is 0 Å². The van der Waals surface area contributed by atoms with Gasteiger partial charge in [-0.05, 0) is 59.8 Å². The van der Waals surface area contributed by atoms with Crippen molar-refractivity contribution in [3.63, 3.8) is 0 Å². The average Bonchev–Trinajstić information content (AvgIpc) is 3.95. The summed E-state index contributed by atoms with van der Waals surface area (Å²) in [5.74, 6) is 1.58. The van der Waals surface area contributed by atoms with Crippen molar-refractivity contribution in [3.05, 3.63) is 72.6 Å². The fraction of sp³-hybridized carbons (Fsp3) is 0.475. The third-order valence-electron chi connectivity index (χ3n) is 10.3. The van der Waals surface area contributed by atoms with Crippen molar-refractivity contribution in [2.24, 2.45) is 11.8 Å². The van der Waals surface area contributed by atoms with E-state index in [-0.39, 0.29) is 47.8 Å². The van der Waals surface area contributed by atoms with E-state index in [4.69, 9.17) is 10.1 Å². The molecule has 2 fully saturated rings. The molecule has 6 N–H and O–H groups in total. The molecule has 0 radical (unpaired) electrons. The number of benzene rings is 2. The van der Waals surface area contributed by atoms with E-state index in [2.05, 4.69) is 102 Å². The molecule has 2 aliphatic rings. The summed E-state index contributed by atoms with van der Waals surface area (Å²) in [5, 5.41) is 13.3. The van der Waals surface area contributed by atoms with Crippen molar-refractivity contribution >= 4 is 17.9 Å². The summed E-state index contributed by atoms with van der Waals surface area (Å²) in [4.78, 5) is 58.5. The largest absolute Gasteiger partial charge is 0.627 e. The van der Waals surface area contributed by atoms with E-state index < -0.39 is 12.1 Å². The number of hydrogen-bond acceptors (Lipinski definition) is 6. The Morgan fingerprint density at radius 1 is 0.673 bits per heavy atom. The lowest BCUT2D eigenvalue weighted by Gasteiger charge is -2.31. The number of nitrogens with zero attached hydrogens (tertiary/aromatic N) is 4. The highest BCUT2D eigenvalue weighted by Gasteiger charge is 2.39. The van der Waals surface area contributed by atoms with Crippen molar-refractivity contribution in [2.75, 3.05) is 13.1 Å². The molecule has 2 aliphatic heterocycles. The van der Waals surface area contributed by atoms with Gasteiger partial charge in [0.2, 0.25) is 11.8 Å². The molecule has 12 nitrogen and oxygen atoms in total. The van der Waals surface area contributed by atoms with Gasteiger partial charge in [0.05, 0.1) is 46.7 Å². The Bertz CT molecular complexity index is 1850. The van der Waals surface area contributed by atoms with E-state index in [9.17, 15) is 14.4 Å². The highest BCUT2D eigenvalue weighted by atomic mass is 16.4. The average molecular weight is 710 g/mol. The highest BCUT2D eigenvalue weighted by molar-refractivity contribution is 5.86. The molecule has 4 atom stereocenters. The molecule has 0 spiro atoms. The van der Waals surface area contributed by atoms with Crippen LogP contribution in [-0.4, -0.2) is 84.0 Å². The van der Waals surface area contributed by atoms with Gasteiger partial charge in [-0.15, -0.1) is 0 Å². The van der Waals surface area contributed by atoms with Crippen LogP contribution >= 0.6 is 0 Å². The summed E-state index contributed by atoms with van der Waals surface area (Å²) in [6, 6.07) is 15.7. The second-order valence-electron chi connectivity index (χ2n) is 15.1. The van der Waals surface area contributed by atoms with Crippen LogP contribution in [-0.2, 0) is 9.59 Å². The second kappa shape index (κ2) is 15.7. The molecular weight excluding hydrogens is 656 g/mol. The summed E-state index contributed by atoms with van der Waals surface area (Å²) in [5.41, 5.74) is 5.98. The van der Waals surface area contributed by atoms with E-state index in [1.807, 2.05) is 24.9 Å². The van der Waals surface area contributed by atoms with Crippen LogP contribution in [0.4, 0.5) is 4.79 Å². The number of carbonyl (C=O) groups excluding carboxylic acids is 3. The first kappa shape index (κ1) is 36.8. The van der Waals surface area contributed by atoms with Gasteiger partial charge in [-0.2, -0.15) is 0 Å². The smallest absolute Gasteiger partial charge is 0.547 e. The van der Waals surface area contributed by atoms with Crippen LogP contribution in [0.1, 0.15) is 91.0 Å². The first-order valence-electron chi connectivity index (χ1n) is 18.6. The van der Waals surface area contributed by atoms with E-state index >= 15 is 0 Å². The standard InChI is InChI=1S/C40H52N8O4/c1-23(2)34(43-25(5)6)38(49)47-19-7-9-32(47)36-41-21-30(44-36)28-15-11-26(12-16-28)27-13-17-29(18-14-27)31-22-42-37(45-31)33-10-8-20-48(33)39(50)35(24(3)4)46-40(51)52/h11-18,21-25,32-35,43,46H,7-10,19-20H2,1-6H3,(H,41,44)(H,42,45)(H,51,52)/p+1/t32-,33?,34-,35-/m0/s1. The maximum Gasteiger partial charge on any atom is 0.627 e. The van der Waals surface area contributed by atoms with Gasteiger partial charge in [-0.25, -0.2) is 9.97 Å². The lowest BCUT2D eigenvalue weighted by atomic mass is 10.0. The zero-order valence-electron chi connectivity index (χ0n) is 31.1. The Labute approximate surface area is 305 Å². The van der Waals surface area contributed by atoms with E-state index in [0.29, 0.717) is 6.54 Å². The predicted octanol–water partition coefficient (Wildman–Crippen LogP) is 5.94. The second-order valence-corrected chi connectivity index (χ2v) is 15.1. The molecule has 6 rings (SSSR count). The van der Waals surface area contributed by atoms with E-state index in [1.54, 1.807) is 11.1 Å². The molecule has 2 aromatic carbocycles. The third-order valence-corrected chi connectivity index (χ3v) is 10.3. The number of hydrogen-bond donors (Lipinski definition) is 4. The lowest BCUT2D eigenvalue weighted by molar-refractivity contribution is -0.136. The fourth-order valence-electron chi connectivity index (χ4n) is 7.54. The van der Waals surface area contributed by atoms with Gasteiger partial charge in [0.1, 0.15) is 17.7 Å². The number of amides is 3. The number of H-pyrrole nitrogens is 2. The van der Waals surface area contributed by atoms with Crippen LogP contribution in [0.5, 0.6) is 0 Å². The number of rotatable bonds is 12. The van der Waals surface area contributed by atoms with Crippen molar-refractivity contribution in [1.29, 1.82) is 0 Å². The van der Waals surface area contributed by atoms with Crippen LogP contribution < -0.4 is 10.6 Å². The fourth-order valence-corrected chi connectivity index (χ4v) is 7.54. The van der Waals surface area contributed by atoms with Crippen LogP contribution in [0.15, 0.2) is 60.9 Å². The highest BCUT2D eigenvalue weighted by Crippen LogP contribution is 2.35. The maximum atomic E-state index is 13.6. The predicted molar refractivity (Wildman–Crippen MR) is 202 cm³/mol. The van der Waals surface area contributed by atoms with Crippen molar-refractivity contribution in [1.82, 2.24) is 40.4 Å². The zero-order chi connectivity index (χ0) is 37.1. The molecule has 0 bridgehead atoms. The molecule has 0 aliphatic carbocycles. The van der Waals surface area contributed by atoms with Crippen LogP contribution in [0, 0.1) is 11.8 Å². The molecule has 0 saturated carbocycles. The van der Waals surface area contributed by atoms with Gasteiger partial charge in [-0.1, -0.05) is 90.1 Å². The molecule has 2 aromatic heterocycles. The van der Waals surface area contributed by atoms with Crippen LogP contribution in [0.3, 0.4) is 0 Å². The van der Waals surface area contributed by atoms with E-state index in [1.165, 1.54) is 0 Å². The Morgan fingerprint density at radius 3 is 1.46 bits per heavy atom. The topological polar surface area (TPSA) is 162 Å². The number of imidazole rings is 2. The molecule has 4 aromatic rings. The van der Waals surface area contributed by atoms with Crippen LogP contribution in [0.25, 0.3) is 33.6 Å². The lowest BCUT2D eigenvalue weighted by Crippen LogP contribution is -2.51. The molecule has 52 heavy (non-hydrogen) atoms. The Kier molecular flexibility index (Phi) is 11.1. The SMILES string of the molecule is CC(C)N[C@H](C(=O)N1CCC[C@H]1c1ncc(-c2ccc(-c3ccc(-c4cnc(C5CCCN5C(=O)[C@@H](NC(=O)[OH2+])C(C)C)[nH]4)cc3)cc2)[nH]1)C(C)C. The maximum absolute atomic E-state index is 13.6. The summed E-state index contributed by atoms with van der Waals surface area (Å²) in [6.07, 6.45) is 6.19. The van der Waals surface area contributed by atoms with Gasteiger partial charge in [0.25, 0.3) is 0 Å². The van der Waals surface area contributed by atoms with Crippen LogP contribution in [0.2, 0.25) is 0 Å². The van der Waals surface area contributed by atoms with Crippen molar-refractivity contribution in [2.45, 2.75) is 97.4 Å². The zero-order valence-corrected chi connectivity index (χ0v) is 31.1. The Morgan fingerprint density at radius 2 is 1.08 bits per heavy atom. The minimum atomic E-state index is -0.953. The number of aromatic amines is 2. The number of carbonyl (C=O) groups is 3. The molecule has 2 saturated heterocycles. The molecular formula is C40H53N8O4+. The van der Waals surface area contributed by atoms with Gasteiger partial charge < -0.3 is 30.2 Å². The summed E-state index contributed by atoms with van der Waals surface area (Å²) in [6.45, 7) is 13.4. The Hall–Kier alpha value is -4.97. The molecule has 276 valence electrons. The first-order chi connectivity index (χ1) is 24.9. The quantitative estimate of drug-likeness (QED) is 0.133. The Balaban J connectivity index is 1.11. The van der Waals surface area contributed by atoms with Gasteiger partial charge in [-0.3, -0.25) is 14.9 Å². The van der Waals surface area contributed by atoms with Gasteiger partial charge in [0, 0.05) is 19.1 Å². The minimum absolute atomic E-state index is 0.0552. The third kappa shape index (κ3) is 7.91. The first-order valence-corrected chi connectivity index (χ1v) is 18.6. The molecule has 4 heterocycles. The minimum Gasteiger partial charge on any atom is -0.547 e. The summed E-state index contributed by atoms with van der Waals surface area (Å²) >= 11 is 0. The van der Waals surface area contributed by atoms with E-state index in [0.717, 1.165) is 77.5 Å².